The molecule has 0 aliphatic carbocycles. The molecule has 1 N–H and O–H groups in total. The first-order valence-corrected chi connectivity index (χ1v) is 10.6. The van der Waals surface area contributed by atoms with E-state index in [0.29, 0.717) is 6.54 Å². The fraction of sp³-hybridized carbons (Fsp3) is 0.300. The zero-order chi connectivity index (χ0) is 20.3. The molecule has 8 heteroatoms. The lowest BCUT2D eigenvalue weighted by Gasteiger charge is -2.35. The lowest BCUT2D eigenvalue weighted by atomic mass is 10.2. The van der Waals surface area contributed by atoms with Crippen molar-refractivity contribution in [3.05, 3.63) is 54.1 Å². The molecule has 0 unspecified atom stereocenters. The van der Waals surface area contributed by atoms with Crippen LogP contribution in [0.15, 0.2) is 53.4 Å². The van der Waals surface area contributed by atoms with Crippen molar-refractivity contribution < 1.29 is 18.0 Å². The molecule has 3 rings (SSSR count). The highest BCUT2D eigenvalue weighted by molar-refractivity contribution is 7.94. The predicted octanol–water partition coefficient (Wildman–Crippen LogP) is 3.05. The second-order valence-corrected chi connectivity index (χ2v) is 8.40. The van der Waals surface area contributed by atoms with Gasteiger partial charge in [-0.25, -0.2) is 13.2 Å². The molecule has 7 nitrogen and oxygen atoms in total. The summed E-state index contributed by atoms with van der Waals surface area (Å²) in [6.07, 6.45) is 1.77. The number of carbonyl (C=O) groups is 2. The van der Waals surface area contributed by atoms with Gasteiger partial charge in [0.1, 0.15) is 11.4 Å². The molecule has 1 heterocycles. The molecule has 2 aromatic carbocycles. The van der Waals surface area contributed by atoms with Crippen LogP contribution in [-0.2, 0) is 14.8 Å². The summed E-state index contributed by atoms with van der Waals surface area (Å²) in [5, 5.41) is 2.76. The van der Waals surface area contributed by atoms with Gasteiger partial charge >= 0.3 is 6.03 Å². The number of urea groups is 1. The number of sulfonamides is 1. The van der Waals surface area contributed by atoms with Crippen LogP contribution in [0.25, 0.3) is 0 Å². The number of nitrogens with zero attached hydrogens (tertiary/aromatic N) is 2. The molecule has 0 aromatic heterocycles. The summed E-state index contributed by atoms with van der Waals surface area (Å²) >= 11 is 0. The highest BCUT2D eigenvalue weighted by Crippen LogP contribution is 2.36. The number of hydrogen-bond acceptors (Lipinski definition) is 4. The van der Waals surface area contributed by atoms with Crippen LogP contribution in [0.1, 0.15) is 25.3 Å². The van der Waals surface area contributed by atoms with Crippen molar-refractivity contribution in [2.45, 2.75) is 31.6 Å². The van der Waals surface area contributed by atoms with Crippen molar-refractivity contribution in [3.8, 4) is 0 Å². The number of carbonyl (C=O) groups excluding carboxylic acids is 2. The first-order chi connectivity index (χ1) is 13.4. The summed E-state index contributed by atoms with van der Waals surface area (Å²) in [6, 6.07) is 12.1. The second-order valence-electron chi connectivity index (χ2n) is 6.64. The van der Waals surface area contributed by atoms with Gasteiger partial charge in [-0.2, -0.15) is 4.31 Å². The van der Waals surface area contributed by atoms with Crippen molar-refractivity contribution in [3.63, 3.8) is 0 Å². The Labute approximate surface area is 165 Å². The molecule has 0 fully saturated rings. The van der Waals surface area contributed by atoms with Crippen LogP contribution in [0.5, 0.6) is 0 Å². The minimum atomic E-state index is -4.08. The number of amides is 3. The number of benzene rings is 2. The first kappa shape index (κ1) is 19.9. The Bertz CT molecular complexity index is 987. The van der Waals surface area contributed by atoms with Crippen molar-refractivity contribution in [2.24, 2.45) is 0 Å². The van der Waals surface area contributed by atoms with E-state index in [4.69, 9.17) is 0 Å². The molecule has 3 amide bonds. The largest absolute Gasteiger partial charge is 0.355 e. The Hall–Kier alpha value is -2.87. The third-order valence-corrected chi connectivity index (χ3v) is 6.25. The number of anilines is 2. The Balaban J connectivity index is 2.01. The third-order valence-electron chi connectivity index (χ3n) is 4.50. The number of hydrogen-bond donors (Lipinski definition) is 1. The molecule has 28 heavy (non-hydrogen) atoms. The average Bonchev–Trinajstić information content (AvgIpc) is 2.67. The normalized spacial score (nSPS) is 15.3. The first-order valence-electron chi connectivity index (χ1n) is 9.15. The molecule has 0 spiro atoms. The summed E-state index contributed by atoms with van der Waals surface area (Å²) in [5.41, 5.74) is 1.39. The van der Waals surface area contributed by atoms with Gasteiger partial charge in [-0.15, -0.1) is 0 Å². The highest BCUT2D eigenvalue weighted by atomic mass is 32.2. The quantitative estimate of drug-likeness (QED) is 0.754. The van der Waals surface area contributed by atoms with Crippen molar-refractivity contribution in [2.75, 3.05) is 22.3 Å². The van der Waals surface area contributed by atoms with Crippen LogP contribution in [0, 0.1) is 6.92 Å². The zero-order valence-corrected chi connectivity index (χ0v) is 16.7. The third kappa shape index (κ3) is 3.73. The van der Waals surface area contributed by atoms with Gasteiger partial charge in [0.05, 0.1) is 11.4 Å². The Morgan fingerprint density at radius 3 is 2.43 bits per heavy atom. The van der Waals surface area contributed by atoms with Gasteiger partial charge < -0.3 is 5.32 Å². The molecular formula is C20H23N3O4S. The van der Waals surface area contributed by atoms with E-state index in [2.05, 4.69) is 5.32 Å². The standard InChI is InChI=1S/C20H23N3O4S/c1-3-4-13-21-19(24)14-22-17-7-5-6-8-18(17)28(26,27)23(20(22)25)16-11-9-15(2)10-12-16/h5-12H,3-4,13-14H2,1-2H3,(H,21,24). The van der Waals surface area contributed by atoms with Crippen LogP contribution in [-0.4, -0.2) is 33.4 Å². The molecule has 0 atom stereocenters. The monoisotopic (exact) mass is 401 g/mol. The molecule has 1 aliphatic rings. The molecule has 0 saturated carbocycles. The smallest absolute Gasteiger partial charge is 0.343 e. The second kappa shape index (κ2) is 8.02. The lowest BCUT2D eigenvalue weighted by Crippen LogP contribution is -2.53. The fourth-order valence-corrected chi connectivity index (χ4v) is 4.59. The van der Waals surface area contributed by atoms with E-state index in [1.807, 2.05) is 13.8 Å². The SMILES string of the molecule is CCCCNC(=O)CN1C(=O)N(c2ccc(C)cc2)S(=O)(=O)c2ccccc21. The van der Waals surface area contributed by atoms with Crippen LogP contribution in [0.2, 0.25) is 0 Å². The van der Waals surface area contributed by atoms with Crippen LogP contribution >= 0.6 is 0 Å². The van der Waals surface area contributed by atoms with Gasteiger partial charge in [0.2, 0.25) is 5.91 Å². The number of unbranched alkanes of at least 4 members (excludes halogenated alkanes) is 1. The number of para-hydroxylation sites is 1. The maximum atomic E-state index is 13.1. The summed E-state index contributed by atoms with van der Waals surface area (Å²) in [5.74, 6) is -0.334. The van der Waals surface area contributed by atoms with Crippen molar-refractivity contribution in [1.82, 2.24) is 5.32 Å². The van der Waals surface area contributed by atoms with Gasteiger partial charge in [0, 0.05) is 6.54 Å². The summed E-state index contributed by atoms with van der Waals surface area (Å²) < 4.78 is 27.0. The van der Waals surface area contributed by atoms with Gasteiger partial charge in [-0.3, -0.25) is 9.69 Å². The molecule has 0 radical (unpaired) electrons. The van der Waals surface area contributed by atoms with Crippen molar-refractivity contribution in [1.29, 1.82) is 0 Å². The molecule has 148 valence electrons. The molecule has 1 aliphatic heterocycles. The van der Waals surface area contributed by atoms with Crippen molar-refractivity contribution >= 4 is 33.3 Å². The maximum Gasteiger partial charge on any atom is 0.343 e. The van der Waals surface area contributed by atoms with Crippen LogP contribution in [0.4, 0.5) is 16.2 Å². The predicted molar refractivity (Wildman–Crippen MR) is 108 cm³/mol. The van der Waals surface area contributed by atoms with Crippen LogP contribution in [0.3, 0.4) is 0 Å². The van der Waals surface area contributed by atoms with E-state index in [-0.39, 0.29) is 28.7 Å². The minimum absolute atomic E-state index is 0.00321. The van der Waals surface area contributed by atoms with Gasteiger partial charge in [0.25, 0.3) is 10.0 Å². The van der Waals surface area contributed by atoms with E-state index in [0.717, 1.165) is 22.7 Å². The lowest BCUT2D eigenvalue weighted by molar-refractivity contribution is -0.119. The van der Waals surface area contributed by atoms with Gasteiger partial charge in [0.15, 0.2) is 0 Å². The molecular weight excluding hydrogens is 378 g/mol. The average molecular weight is 401 g/mol. The van der Waals surface area contributed by atoms with Crippen LogP contribution < -0.4 is 14.5 Å². The minimum Gasteiger partial charge on any atom is -0.355 e. The Morgan fingerprint density at radius 1 is 1.07 bits per heavy atom. The summed E-state index contributed by atoms with van der Waals surface area (Å²) in [7, 11) is -4.08. The number of rotatable bonds is 6. The Kier molecular flexibility index (Phi) is 5.69. The van der Waals surface area contributed by atoms with E-state index >= 15 is 0 Å². The summed E-state index contributed by atoms with van der Waals surface area (Å²) in [4.78, 5) is 26.7. The van der Waals surface area contributed by atoms with Gasteiger partial charge in [-0.1, -0.05) is 43.2 Å². The molecule has 2 aromatic rings. The number of aryl methyl sites for hydroxylation is 1. The highest BCUT2D eigenvalue weighted by Gasteiger charge is 2.42. The van der Waals surface area contributed by atoms with Gasteiger partial charge in [-0.05, 0) is 37.6 Å². The van der Waals surface area contributed by atoms with E-state index in [1.54, 1.807) is 36.4 Å². The molecule has 0 saturated heterocycles. The Morgan fingerprint density at radius 2 is 1.75 bits per heavy atom. The number of nitrogens with one attached hydrogen (secondary N) is 1. The summed E-state index contributed by atoms with van der Waals surface area (Å²) in [6.45, 7) is 4.15. The van der Waals surface area contributed by atoms with E-state index in [1.165, 1.54) is 17.0 Å². The topological polar surface area (TPSA) is 86.8 Å². The maximum absolute atomic E-state index is 13.1. The van der Waals surface area contributed by atoms with E-state index in [9.17, 15) is 18.0 Å². The fourth-order valence-electron chi connectivity index (χ4n) is 3.00. The zero-order valence-electron chi connectivity index (χ0n) is 15.9. The van der Waals surface area contributed by atoms with E-state index < -0.39 is 16.1 Å². The molecule has 0 bridgehead atoms. The number of fused-ring (bicyclic) bond motifs is 1.